The lowest BCUT2D eigenvalue weighted by atomic mass is 10.3. The number of hydrogen-bond donors (Lipinski definition) is 2. The first-order valence-corrected chi connectivity index (χ1v) is 7.61. The number of sulfonamides is 1. The Balaban J connectivity index is 2.29. The van der Waals surface area contributed by atoms with Gasteiger partial charge in [-0.3, -0.25) is 4.72 Å². The molecule has 2 aromatic heterocycles. The lowest BCUT2D eigenvalue weighted by molar-refractivity contribution is 0.557. The number of thiazole rings is 1. The van der Waals surface area contributed by atoms with Crippen LogP contribution in [0.5, 0.6) is 0 Å². The van der Waals surface area contributed by atoms with Crippen LogP contribution in [0.2, 0.25) is 0 Å². The highest BCUT2D eigenvalue weighted by Crippen LogP contribution is 2.22. The first-order chi connectivity index (χ1) is 8.90. The molecule has 0 radical (unpaired) electrons. The van der Waals surface area contributed by atoms with Crippen molar-refractivity contribution >= 4 is 26.5 Å². The van der Waals surface area contributed by atoms with E-state index in [0.29, 0.717) is 5.69 Å². The maximum atomic E-state index is 13.4. The molecule has 0 amide bonds. The van der Waals surface area contributed by atoms with Crippen molar-refractivity contribution in [1.82, 2.24) is 9.97 Å². The Bertz CT molecular complexity index is 684. The molecule has 3 N–H and O–H groups in total. The van der Waals surface area contributed by atoms with Crippen LogP contribution in [0.3, 0.4) is 0 Å². The maximum Gasteiger partial charge on any atom is 0.284 e. The number of nitrogens with zero attached hydrogens (tertiary/aromatic N) is 2. The van der Waals surface area contributed by atoms with Crippen LogP contribution in [-0.4, -0.2) is 18.4 Å². The van der Waals surface area contributed by atoms with Gasteiger partial charge in [-0.15, -0.1) is 11.3 Å². The molecule has 0 aliphatic heterocycles. The van der Waals surface area contributed by atoms with E-state index in [4.69, 9.17) is 5.73 Å². The molecule has 2 aromatic rings. The summed E-state index contributed by atoms with van der Waals surface area (Å²) in [7, 11) is -4.09. The van der Waals surface area contributed by atoms with Crippen LogP contribution in [0.25, 0.3) is 0 Å². The summed E-state index contributed by atoms with van der Waals surface area (Å²) in [5.74, 6) is -0.918. The Hall–Kier alpha value is -1.58. The van der Waals surface area contributed by atoms with Gasteiger partial charge in [0.05, 0.1) is 5.69 Å². The van der Waals surface area contributed by atoms with Crippen LogP contribution in [0.4, 0.5) is 9.52 Å². The standard InChI is InChI=1S/C10H11FN4O2S2/c1-6(12)8-5-18-10(14-8)15-19(16,17)9-7(11)3-2-4-13-9/h2-6H,12H2,1H3,(H,14,15). The zero-order chi connectivity index (χ0) is 14.0. The van der Waals surface area contributed by atoms with Crippen molar-refractivity contribution < 1.29 is 12.8 Å². The van der Waals surface area contributed by atoms with Gasteiger partial charge in [0.25, 0.3) is 10.0 Å². The molecule has 0 saturated carbocycles. The van der Waals surface area contributed by atoms with Gasteiger partial charge >= 0.3 is 0 Å². The van der Waals surface area contributed by atoms with E-state index < -0.39 is 20.9 Å². The van der Waals surface area contributed by atoms with Crippen molar-refractivity contribution in [3.63, 3.8) is 0 Å². The van der Waals surface area contributed by atoms with Gasteiger partial charge in [0.2, 0.25) is 5.03 Å². The molecule has 0 bridgehead atoms. The van der Waals surface area contributed by atoms with E-state index in [1.165, 1.54) is 12.3 Å². The average molecular weight is 302 g/mol. The van der Waals surface area contributed by atoms with Crippen LogP contribution in [0.1, 0.15) is 18.7 Å². The van der Waals surface area contributed by atoms with E-state index in [1.54, 1.807) is 12.3 Å². The van der Waals surface area contributed by atoms with E-state index >= 15 is 0 Å². The number of nitrogens with one attached hydrogen (secondary N) is 1. The molecule has 6 nitrogen and oxygen atoms in total. The zero-order valence-electron chi connectivity index (χ0n) is 9.87. The summed E-state index contributed by atoms with van der Waals surface area (Å²) in [4.78, 5) is 7.52. The summed E-state index contributed by atoms with van der Waals surface area (Å²) in [5.41, 5.74) is 6.18. The van der Waals surface area contributed by atoms with E-state index in [1.807, 2.05) is 0 Å². The van der Waals surface area contributed by atoms with Crippen LogP contribution in [-0.2, 0) is 10.0 Å². The van der Waals surface area contributed by atoms with Crippen molar-refractivity contribution in [3.05, 3.63) is 35.2 Å². The molecule has 1 atom stereocenters. The smallest absolute Gasteiger partial charge is 0.284 e. The van der Waals surface area contributed by atoms with Crippen molar-refractivity contribution in [2.24, 2.45) is 5.73 Å². The summed E-state index contributed by atoms with van der Waals surface area (Å²) in [6, 6.07) is 2.03. The summed E-state index contributed by atoms with van der Waals surface area (Å²) in [6.07, 6.45) is 1.20. The minimum Gasteiger partial charge on any atom is -0.323 e. The monoisotopic (exact) mass is 302 g/mol. The number of anilines is 1. The summed E-state index contributed by atoms with van der Waals surface area (Å²) < 4.78 is 39.4. The molecule has 9 heteroatoms. The van der Waals surface area contributed by atoms with Crippen LogP contribution in [0, 0.1) is 5.82 Å². The SMILES string of the molecule is CC(N)c1csc(NS(=O)(=O)c2ncccc2F)n1. The van der Waals surface area contributed by atoms with Crippen LogP contribution < -0.4 is 10.5 Å². The molecule has 0 fully saturated rings. The first kappa shape index (κ1) is 13.8. The number of halogens is 1. The van der Waals surface area contributed by atoms with Gasteiger partial charge in [0.15, 0.2) is 10.9 Å². The topological polar surface area (TPSA) is 98.0 Å². The molecule has 0 aliphatic rings. The fraction of sp³-hybridized carbons (Fsp3) is 0.200. The van der Waals surface area contributed by atoms with Crippen molar-refractivity contribution in [2.45, 2.75) is 18.0 Å². The van der Waals surface area contributed by atoms with Gasteiger partial charge in [0.1, 0.15) is 0 Å². The zero-order valence-corrected chi connectivity index (χ0v) is 11.5. The first-order valence-electron chi connectivity index (χ1n) is 5.24. The number of hydrogen-bond acceptors (Lipinski definition) is 6. The third-order valence-corrected chi connectivity index (χ3v) is 4.37. The lowest BCUT2D eigenvalue weighted by Gasteiger charge is -2.04. The predicted octanol–water partition coefficient (Wildman–Crippen LogP) is 1.50. The molecule has 2 rings (SSSR count). The molecule has 0 aromatic carbocycles. The second kappa shape index (κ2) is 5.19. The molecular formula is C10H11FN4O2S2. The van der Waals surface area contributed by atoms with Crippen molar-refractivity contribution in [2.75, 3.05) is 4.72 Å². The second-order valence-electron chi connectivity index (χ2n) is 3.76. The van der Waals surface area contributed by atoms with Gasteiger partial charge < -0.3 is 5.73 Å². The van der Waals surface area contributed by atoms with Gasteiger partial charge in [-0.1, -0.05) is 0 Å². The fourth-order valence-electron chi connectivity index (χ4n) is 1.27. The molecule has 2 heterocycles. The lowest BCUT2D eigenvalue weighted by Crippen LogP contribution is -2.16. The van der Waals surface area contributed by atoms with Crippen molar-refractivity contribution in [3.8, 4) is 0 Å². The summed E-state index contributed by atoms with van der Waals surface area (Å²) >= 11 is 1.07. The van der Waals surface area contributed by atoms with Crippen molar-refractivity contribution in [1.29, 1.82) is 0 Å². The molecule has 19 heavy (non-hydrogen) atoms. The highest BCUT2D eigenvalue weighted by Gasteiger charge is 2.22. The van der Waals surface area contributed by atoms with Gasteiger partial charge in [-0.25, -0.2) is 14.4 Å². The number of pyridine rings is 1. The molecular weight excluding hydrogens is 291 g/mol. The Kier molecular flexibility index (Phi) is 3.78. The molecule has 102 valence electrons. The van der Waals surface area contributed by atoms with Gasteiger partial charge in [-0.2, -0.15) is 8.42 Å². The van der Waals surface area contributed by atoms with E-state index in [2.05, 4.69) is 14.7 Å². The Morgan fingerprint density at radius 1 is 1.53 bits per heavy atom. The normalized spacial score (nSPS) is 13.2. The second-order valence-corrected chi connectivity index (χ2v) is 6.22. The van der Waals surface area contributed by atoms with E-state index in [0.717, 1.165) is 17.4 Å². The minimum atomic E-state index is -4.09. The Labute approximate surface area is 113 Å². The van der Waals surface area contributed by atoms with Crippen LogP contribution in [0.15, 0.2) is 28.7 Å². The summed E-state index contributed by atoms with van der Waals surface area (Å²) in [5, 5.41) is 1.10. The number of nitrogens with two attached hydrogens (primary N) is 1. The third-order valence-electron chi connectivity index (χ3n) is 2.19. The fourth-order valence-corrected chi connectivity index (χ4v) is 3.35. The largest absolute Gasteiger partial charge is 0.323 e. The maximum absolute atomic E-state index is 13.4. The van der Waals surface area contributed by atoms with Gasteiger partial charge in [-0.05, 0) is 19.1 Å². The number of rotatable bonds is 4. The van der Waals surface area contributed by atoms with Crippen LogP contribution >= 0.6 is 11.3 Å². The highest BCUT2D eigenvalue weighted by atomic mass is 32.2. The summed E-state index contributed by atoms with van der Waals surface area (Å²) in [6.45, 7) is 1.73. The minimum absolute atomic E-state index is 0.123. The molecule has 0 aliphatic carbocycles. The van der Waals surface area contributed by atoms with E-state index in [9.17, 15) is 12.8 Å². The molecule has 0 saturated heterocycles. The average Bonchev–Trinajstić information content (AvgIpc) is 2.77. The molecule has 1 unspecified atom stereocenters. The molecule has 0 spiro atoms. The predicted molar refractivity (Wildman–Crippen MR) is 69.7 cm³/mol. The van der Waals surface area contributed by atoms with E-state index in [-0.39, 0.29) is 11.2 Å². The quantitative estimate of drug-likeness (QED) is 0.892. The Morgan fingerprint density at radius 3 is 2.84 bits per heavy atom. The number of aromatic nitrogens is 2. The Morgan fingerprint density at radius 2 is 2.26 bits per heavy atom. The third kappa shape index (κ3) is 3.06. The highest BCUT2D eigenvalue weighted by molar-refractivity contribution is 7.92. The van der Waals surface area contributed by atoms with Gasteiger partial charge in [0, 0.05) is 17.6 Å².